The van der Waals surface area contributed by atoms with E-state index in [2.05, 4.69) is 10.2 Å². The van der Waals surface area contributed by atoms with Crippen LogP contribution in [0.5, 0.6) is 0 Å². The van der Waals surface area contributed by atoms with Gasteiger partial charge >= 0.3 is 5.97 Å². The molecule has 132 valence electrons. The van der Waals surface area contributed by atoms with E-state index in [9.17, 15) is 9.59 Å². The van der Waals surface area contributed by atoms with Crippen molar-refractivity contribution in [3.8, 4) is 0 Å². The first-order valence-electron chi connectivity index (χ1n) is 7.74. The SMILES string of the molecule is CN(CC(=O)O)C1CCN(CC(=O)Nc2ccc(Cl)c(Cl)c2)CC1. The van der Waals surface area contributed by atoms with Gasteiger partial charge in [-0.25, -0.2) is 0 Å². The summed E-state index contributed by atoms with van der Waals surface area (Å²) in [7, 11) is 1.82. The summed E-state index contributed by atoms with van der Waals surface area (Å²) in [5, 5.41) is 12.5. The van der Waals surface area contributed by atoms with Crippen LogP contribution in [0.15, 0.2) is 18.2 Å². The van der Waals surface area contributed by atoms with Crippen LogP contribution in [0, 0.1) is 0 Å². The molecule has 1 heterocycles. The summed E-state index contributed by atoms with van der Waals surface area (Å²) in [4.78, 5) is 26.8. The highest BCUT2D eigenvalue weighted by Crippen LogP contribution is 2.25. The summed E-state index contributed by atoms with van der Waals surface area (Å²) in [6, 6.07) is 5.22. The van der Waals surface area contributed by atoms with E-state index in [1.165, 1.54) is 0 Å². The standard InChI is InChI=1S/C16H21Cl2N3O3/c1-20(10-16(23)24)12-4-6-21(7-5-12)9-15(22)19-11-2-3-13(17)14(18)8-11/h2-3,8,12H,4-7,9-10H2,1H3,(H,19,22)(H,23,24). The zero-order chi connectivity index (χ0) is 17.7. The summed E-state index contributed by atoms with van der Waals surface area (Å²) in [6.07, 6.45) is 1.70. The minimum atomic E-state index is -0.819. The highest BCUT2D eigenvalue weighted by Gasteiger charge is 2.24. The van der Waals surface area contributed by atoms with Crippen molar-refractivity contribution in [2.24, 2.45) is 0 Å². The molecule has 0 unspecified atom stereocenters. The van der Waals surface area contributed by atoms with Crippen molar-refractivity contribution in [2.45, 2.75) is 18.9 Å². The Hall–Kier alpha value is -1.34. The van der Waals surface area contributed by atoms with Crippen molar-refractivity contribution in [2.75, 3.05) is 38.5 Å². The van der Waals surface area contributed by atoms with Crippen LogP contribution in [0.4, 0.5) is 5.69 Å². The molecule has 1 aliphatic rings. The number of nitrogens with zero attached hydrogens (tertiary/aromatic N) is 2. The summed E-state index contributed by atoms with van der Waals surface area (Å²) in [5.41, 5.74) is 0.616. The third kappa shape index (κ3) is 5.63. The second-order valence-electron chi connectivity index (χ2n) is 5.99. The molecule has 0 saturated carbocycles. The lowest BCUT2D eigenvalue weighted by Crippen LogP contribution is -2.46. The molecular weight excluding hydrogens is 353 g/mol. The maximum atomic E-state index is 12.1. The molecule has 0 spiro atoms. The second-order valence-corrected chi connectivity index (χ2v) is 6.81. The maximum absolute atomic E-state index is 12.1. The summed E-state index contributed by atoms with van der Waals surface area (Å²) >= 11 is 11.8. The average molecular weight is 374 g/mol. The Kier molecular flexibility index (Phi) is 6.86. The summed E-state index contributed by atoms with van der Waals surface area (Å²) < 4.78 is 0. The Balaban J connectivity index is 1.77. The van der Waals surface area contributed by atoms with Gasteiger partial charge in [-0.3, -0.25) is 19.4 Å². The minimum absolute atomic E-state index is 0.0441. The first kappa shape index (κ1) is 19.0. The van der Waals surface area contributed by atoms with Gasteiger partial charge < -0.3 is 10.4 Å². The third-order valence-corrected chi connectivity index (χ3v) is 4.87. The van der Waals surface area contributed by atoms with E-state index in [0.29, 0.717) is 22.3 Å². The van der Waals surface area contributed by atoms with E-state index in [1.807, 2.05) is 11.9 Å². The highest BCUT2D eigenvalue weighted by molar-refractivity contribution is 6.42. The van der Waals surface area contributed by atoms with Gasteiger partial charge in [-0.2, -0.15) is 0 Å². The highest BCUT2D eigenvalue weighted by atomic mass is 35.5. The first-order chi connectivity index (χ1) is 11.3. The smallest absolute Gasteiger partial charge is 0.317 e. The van der Waals surface area contributed by atoms with Gasteiger partial charge in [-0.05, 0) is 38.1 Å². The van der Waals surface area contributed by atoms with Crippen LogP contribution in [0.3, 0.4) is 0 Å². The lowest BCUT2D eigenvalue weighted by Gasteiger charge is -2.35. The number of anilines is 1. The number of likely N-dealkylation sites (N-methyl/N-ethyl adjacent to an activating group) is 1. The van der Waals surface area contributed by atoms with E-state index in [1.54, 1.807) is 18.2 Å². The van der Waals surface area contributed by atoms with E-state index in [-0.39, 0.29) is 18.5 Å². The largest absolute Gasteiger partial charge is 0.480 e. The monoisotopic (exact) mass is 373 g/mol. The molecule has 1 aromatic carbocycles. The van der Waals surface area contributed by atoms with Crippen molar-refractivity contribution in [1.82, 2.24) is 9.80 Å². The number of likely N-dealkylation sites (tertiary alicyclic amines) is 1. The number of aliphatic carboxylic acids is 1. The van der Waals surface area contributed by atoms with Crippen molar-refractivity contribution >= 4 is 40.8 Å². The molecule has 24 heavy (non-hydrogen) atoms. The molecular formula is C16H21Cl2N3O3. The fourth-order valence-electron chi connectivity index (χ4n) is 2.84. The van der Waals surface area contributed by atoms with Gasteiger partial charge in [0.15, 0.2) is 0 Å². The summed E-state index contributed by atoms with van der Waals surface area (Å²) in [6.45, 7) is 1.88. The molecule has 0 aliphatic carbocycles. The number of carboxylic acid groups (broad SMARTS) is 1. The Morgan fingerprint density at radius 3 is 2.54 bits per heavy atom. The zero-order valence-corrected chi connectivity index (χ0v) is 15.0. The molecule has 1 amide bonds. The van der Waals surface area contributed by atoms with Gasteiger partial charge in [-0.1, -0.05) is 23.2 Å². The number of amides is 1. The second kappa shape index (κ2) is 8.67. The van der Waals surface area contributed by atoms with E-state index in [4.69, 9.17) is 28.3 Å². The molecule has 8 heteroatoms. The molecule has 2 N–H and O–H groups in total. The molecule has 0 aromatic heterocycles. The van der Waals surface area contributed by atoms with Crippen LogP contribution >= 0.6 is 23.2 Å². The quantitative estimate of drug-likeness (QED) is 0.800. The first-order valence-corrected chi connectivity index (χ1v) is 8.50. The van der Waals surface area contributed by atoms with Gasteiger partial charge in [0, 0.05) is 24.8 Å². The van der Waals surface area contributed by atoms with Gasteiger partial charge in [0.25, 0.3) is 0 Å². The summed E-state index contributed by atoms with van der Waals surface area (Å²) in [5.74, 6) is -0.924. The number of carbonyl (C=O) groups excluding carboxylic acids is 1. The molecule has 0 bridgehead atoms. The van der Waals surface area contributed by atoms with Gasteiger partial charge in [0.2, 0.25) is 5.91 Å². The van der Waals surface area contributed by atoms with Gasteiger partial charge in [-0.15, -0.1) is 0 Å². The topological polar surface area (TPSA) is 72.9 Å². The molecule has 6 nitrogen and oxygen atoms in total. The lowest BCUT2D eigenvalue weighted by molar-refractivity contribution is -0.138. The van der Waals surface area contributed by atoms with E-state index in [0.717, 1.165) is 25.9 Å². The zero-order valence-electron chi connectivity index (χ0n) is 13.5. The molecule has 1 aliphatic heterocycles. The van der Waals surface area contributed by atoms with Crippen molar-refractivity contribution in [3.05, 3.63) is 28.2 Å². The molecule has 1 saturated heterocycles. The van der Waals surface area contributed by atoms with Crippen LogP contribution in [-0.2, 0) is 9.59 Å². The minimum Gasteiger partial charge on any atom is -0.480 e. The molecule has 0 radical (unpaired) electrons. The predicted octanol–water partition coefficient (Wildman–Crippen LogP) is 2.41. The average Bonchev–Trinajstić information content (AvgIpc) is 2.51. The van der Waals surface area contributed by atoms with E-state index < -0.39 is 5.97 Å². The van der Waals surface area contributed by atoms with Crippen LogP contribution in [0.1, 0.15) is 12.8 Å². The fraction of sp³-hybridized carbons (Fsp3) is 0.500. The molecule has 1 aromatic rings. The van der Waals surface area contributed by atoms with Crippen molar-refractivity contribution < 1.29 is 14.7 Å². The molecule has 0 atom stereocenters. The number of halogens is 2. The lowest BCUT2D eigenvalue weighted by atomic mass is 10.0. The number of benzene rings is 1. The van der Waals surface area contributed by atoms with E-state index >= 15 is 0 Å². The normalized spacial score (nSPS) is 16.3. The molecule has 1 fully saturated rings. The number of hydrogen-bond donors (Lipinski definition) is 2. The third-order valence-electron chi connectivity index (χ3n) is 4.14. The number of hydrogen-bond acceptors (Lipinski definition) is 4. The number of nitrogens with one attached hydrogen (secondary N) is 1. The number of carbonyl (C=O) groups is 2. The van der Waals surface area contributed by atoms with Gasteiger partial charge in [0.05, 0.1) is 23.1 Å². The number of rotatable bonds is 6. The van der Waals surface area contributed by atoms with Crippen LogP contribution in [-0.4, -0.2) is 66.1 Å². The van der Waals surface area contributed by atoms with Gasteiger partial charge in [0.1, 0.15) is 0 Å². The Morgan fingerprint density at radius 2 is 1.96 bits per heavy atom. The Morgan fingerprint density at radius 1 is 1.29 bits per heavy atom. The molecule has 2 rings (SSSR count). The van der Waals surface area contributed by atoms with Crippen LogP contribution < -0.4 is 5.32 Å². The fourth-order valence-corrected chi connectivity index (χ4v) is 3.14. The van der Waals surface area contributed by atoms with Crippen LogP contribution in [0.25, 0.3) is 0 Å². The van der Waals surface area contributed by atoms with Crippen molar-refractivity contribution in [1.29, 1.82) is 0 Å². The van der Waals surface area contributed by atoms with Crippen molar-refractivity contribution in [3.63, 3.8) is 0 Å². The maximum Gasteiger partial charge on any atom is 0.317 e. The predicted molar refractivity (Wildman–Crippen MR) is 94.8 cm³/mol. The number of piperidine rings is 1. The Bertz CT molecular complexity index is 604. The number of carboxylic acids is 1. The Labute approximate surface area is 151 Å². The van der Waals surface area contributed by atoms with Crippen LogP contribution in [0.2, 0.25) is 10.0 Å².